The number of carbonyl (C=O) groups excluding carboxylic acids is 1. The first-order chi connectivity index (χ1) is 14.8. The van der Waals surface area contributed by atoms with Crippen LogP contribution in [0.25, 0.3) is 33.8 Å². The van der Waals surface area contributed by atoms with Crippen LogP contribution in [0.15, 0.2) is 59.3 Å². The third kappa shape index (κ3) is 4.04. The maximum Gasteiger partial charge on any atom is 0.435 e. The van der Waals surface area contributed by atoms with Crippen molar-refractivity contribution in [2.45, 2.75) is 19.6 Å². The molecule has 0 aliphatic rings. The Bertz CT molecular complexity index is 1250. The van der Waals surface area contributed by atoms with E-state index >= 15 is 0 Å². The normalized spacial score (nSPS) is 11.6. The number of aromatic nitrogens is 4. The van der Waals surface area contributed by atoms with Crippen LogP contribution >= 0.6 is 0 Å². The first-order valence-electron chi connectivity index (χ1n) is 9.24. The van der Waals surface area contributed by atoms with Gasteiger partial charge < -0.3 is 10.3 Å². The lowest BCUT2D eigenvalue weighted by molar-refractivity contribution is -0.141. The molecule has 158 valence electrons. The summed E-state index contributed by atoms with van der Waals surface area (Å²) in [6.07, 6.45) is -3.15. The van der Waals surface area contributed by atoms with Gasteiger partial charge in [-0.25, -0.2) is 4.98 Å². The molecule has 7 nitrogen and oxygen atoms in total. The Kier molecular flexibility index (Phi) is 5.05. The third-order valence-electron chi connectivity index (χ3n) is 4.64. The maximum absolute atomic E-state index is 13.2. The summed E-state index contributed by atoms with van der Waals surface area (Å²) < 4.78 is 45.7. The first-order valence-corrected chi connectivity index (χ1v) is 9.24. The molecule has 0 saturated carbocycles. The van der Waals surface area contributed by atoms with Crippen molar-refractivity contribution in [2.24, 2.45) is 5.73 Å². The average Bonchev–Trinajstić information content (AvgIpc) is 3.43. The summed E-state index contributed by atoms with van der Waals surface area (Å²) in [5.41, 5.74) is 7.24. The molecule has 0 unspecified atom stereocenters. The van der Waals surface area contributed by atoms with Gasteiger partial charge in [0.05, 0.1) is 11.4 Å². The van der Waals surface area contributed by atoms with E-state index in [0.29, 0.717) is 22.5 Å². The highest BCUT2D eigenvalue weighted by Gasteiger charge is 2.35. The maximum atomic E-state index is 13.2. The summed E-state index contributed by atoms with van der Waals surface area (Å²) >= 11 is 0. The molecule has 0 aliphatic carbocycles. The summed E-state index contributed by atoms with van der Waals surface area (Å²) in [5.74, 6) is -0.797. The largest absolute Gasteiger partial charge is 0.435 e. The van der Waals surface area contributed by atoms with Crippen molar-refractivity contribution in [2.75, 3.05) is 0 Å². The summed E-state index contributed by atoms with van der Waals surface area (Å²) in [4.78, 5) is 16.2. The minimum atomic E-state index is -4.59. The molecule has 10 heteroatoms. The number of nitrogens with zero attached hydrogens (tertiary/aromatic N) is 4. The Morgan fingerprint density at radius 3 is 2.42 bits per heavy atom. The van der Waals surface area contributed by atoms with E-state index in [9.17, 15) is 18.0 Å². The van der Waals surface area contributed by atoms with Crippen molar-refractivity contribution in [3.05, 3.63) is 66.2 Å². The van der Waals surface area contributed by atoms with Gasteiger partial charge in [0, 0.05) is 29.3 Å². The molecule has 3 aromatic heterocycles. The average molecular weight is 427 g/mol. The standard InChI is InChI=1S/C21H16F3N5O2/c1-2-29-18(11-19(27-29)21(22,23)24)14-9-16(26-17(10-14)20(25)30)13-5-3-4-12(8-13)15-6-7-31-28-15/h3-11H,2H2,1H3,(H2,25,30). The van der Waals surface area contributed by atoms with E-state index in [-0.39, 0.29) is 17.9 Å². The van der Waals surface area contributed by atoms with Gasteiger partial charge in [-0.2, -0.15) is 18.3 Å². The number of aryl methyl sites for hydroxylation is 1. The van der Waals surface area contributed by atoms with E-state index in [4.69, 9.17) is 10.3 Å². The number of halogens is 3. The van der Waals surface area contributed by atoms with Crippen LogP contribution in [0.3, 0.4) is 0 Å². The predicted octanol–water partition coefficient (Wildman–Crippen LogP) is 4.40. The van der Waals surface area contributed by atoms with E-state index in [2.05, 4.69) is 15.2 Å². The number of alkyl halides is 3. The van der Waals surface area contributed by atoms with E-state index in [0.717, 1.165) is 11.6 Å². The molecule has 1 aromatic carbocycles. The molecule has 0 saturated heterocycles. The number of rotatable bonds is 5. The third-order valence-corrected chi connectivity index (χ3v) is 4.64. The van der Waals surface area contributed by atoms with Gasteiger partial charge >= 0.3 is 6.18 Å². The minimum Gasteiger partial charge on any atom is -0.364 e. The Morgan fingerprint density at radius 1 is 1.06 bits per heavy atom. The zero-order valence-corrected chi connectivity index (χ0v) is 16.2. The van der Waals surface area contributed by atoms with E-state index in [1.165, 1.54) is 17.0 Å². The highest BCUT2D eigenvalue weighted by Crippen LogP contribution is 2.33. The monoisotopic (exact) mass is 427 g/mol. The molecule has 31 heavy (non-hydrogen) atoms. The van der Waals surface area contributed by atoms with Crippen LogP contribution in [-0.2, 0) is 12.7 Å². The number of amides is 1. The smallest absolute Gasteiger partial charge is 0.364 e. The molecular weight excluding hydrogens is 411 g/mol. The number of hydrogen-bond donors (Lipinski definition) is 1. The lowest BCUT2D eigenvalue weighted by Crippen LogP contribution is -2.14. The van der Waals surface area contributed by atoms with Gasteiger partial charge in [-0.1, -0.05) is 23.4 Å². The second-order valence-electron chi connectivity index (χ2n) is 6.68. The van der Waals surface area contributed by atoms with Crippen LogP contribution in [-0.4, -0.2) is 25.8 Å². The van der Waals surface area contributed by atoms with E-state index in [1.807, 2.05) is 6.07 Å². The van der Waals surface area contributed by atoms with Gasteiger partial charge in [0.25, 0.3) is 5.91 Å². The van der Waals surface area contributed by atoms with Crippen molar-refractivity contribution in [3.63, 3.8) is 0 Å². The highest BCUT2D eigenvalue weighted by atomic mass is 19.4. The fraction of sp³-hybridized carbons (Fsp3) is 0.143. The van der Waals surface area contributed by atoms with Crippen molar-refractivity contribution in [1.29, 1.82) is 0 Å². The number of benzene rings is 1. The molecule has 0 aliphatic heterocycles. The van der Waals surface area contributed by atoms with E-state index < -0.39 is 17.8 Å². The highest BCUT2D eigenvalue weighted by molar-refractivity contribution is 5.93. The molecule has 0 bridgehead atoms. The van der Waals surface area contributed by atoms with Crippen molar-refractivity contribution >= 4 is 5.91 Å². The lowest BCUT2D eigenvalue weighted by Gasteiger charge is -2.10. The zero-order valence-electron chi connectivity index (χ0n) is 16.2. The van der Waals surface area contributed by atoms with Gasteiger partial charge in [0.15, 0.2) is 5.69 Å². The summed E-state index contributed by atoms with van der Waals surface area (Å²) in [6, 6.07) is 12.7. The van der Waals surface area contributed by atoms with Crippen LogP contribution < -0.4 is 5.73 Å². The molecule has 0 radical (unpaired) electrons. The first kappa shape index (κ1) is 20.3. The van der Waals surface area contributed by atoms with Crippen LogP contribution in [0.5, 0.6) is 0 Å². The van der Waals surface area contributed by atoms with Gasteiger partial charge in [0.2, 0.25) is 0 Å². The number of primary amides is 1. The topological polar surface area (TPSA) is 99.8 Å². The molecule has 4 rings (SSSR count). The summed E-state index contributed by atoms with van der Waals surface area (Å²) in [5, 5.41) is 7.53. The molecule has 0 fully saturated rings. The summed E-state index contributed by atoms with van der Waals surface area (Å²) in [7, 11) is 0. The van der Waals surface area contributed by atoms with Gasteiger partial charge in [-0.05, 0) is 31.2 Å². The van der Waals surface area contributed by atoms with Crippen LogP contribution in [0.1, 0.15) is 23.1 Å². The molecule has 0 atom stereocenters. The van der Waals surface area contributed by atoms with Gasteiger partial charge in [-0.15, -0.1) is 0 Å². The number of carbonyl (C=O) groups is 1. The van der Waals surface area contributed by atoms with Crippen molar-refractivity contribution in [3.8, 4) is 33.8 Å². The van der Waals surface area contributed by atoms with Gasteiger partial charge in [-0.3, -0.25) is 9.48 Å². The number of pyridine rings is 1. The Morgan fingerprint density at radius 2 is 1.81 bits per heavy atom. The van der Waals surface area contributed by atoms with Crippen LogP contribution in [0.4, 0.5) is 13.2 Å². The fourth-order valence-corrected chi connectivity index (χ4v) is 3.18. The molecule has 3 heterocycles. The Hall–Kier alpha value is -3.95. The molecule has 4 aromatic rings. The lowest BCUT2D eigenvalue weighted by atomic mass is 10.0. The van der Waals surface area contributed by atoms with E-state index in [1.54, 1.807) is 37.3 Å². The molecule has 1 amide bonds. The molecule has 0 spiro atoms. The summed E-state index contributed by atoms with van der Waals surface area (Å²) in [6.45, 7) is 1.88. The predicted molar refractivity (Wildman–Crippen MR) is 106 cm³/mol. The number of nitrogens with two attached hydrogens (primary N) is 1. The molecule has 2 N–H and O–H groups in total. The van der Waals surface area contributed by atoms with Crippen molar-refractivity contribution in [1.82, 2.24) is 19.9 Å². The Balaban J connectivity index is 1.87. The second-order valence-corrected chi connectivity index (χ2v) is 6.68. The Labute approximate surface area is 174 Å². The molecular formula is C21H16F3N5O2. The number of hydrogen-bond acceptors (Lipinski definition) is 5. The zero-order chi connectivity index (χ0) is 22.2. The minimum absolute atomic E-state index is 0.0725. The fourth-order valence-electron chi connectivity index (χ4n) is 3.18. The van der Waals surface area contributed by atoms with Gasteiger partial charge in [0.1, 0.15) is 17.7 Å². The second kappa shape index (κ2) is 7.71. The van der Waals surface area contributed by atoms with Crippen LogP contribution in [0.2, 0.25) is 0 Å². The van der Waals surface area contributed by atoms with Crippen molar-refractivity contribution < 1.29 is 22.5 Å². The quantitative estimate of drug-likeness (QED) is 0.509. The van der Waals surface area contributed by atoms with Crippen LogP contribution in [0, 0.1) is 0 Å². The SMILES string of the molecule is CCn1nc(C(F)(F)F)cc1-c1cc(C(N)=O)nc(-c2cccc(-c3ccon3)c2)c1.